The van der Waals surface area contributed by atoms with Gasteiger partial charge in [0.1, 0.15) is 5.82 Å². The molecule has 0 aliphatic carbocycles. The van der Waals surface area contributed by atoms with E-state index >= 15 is 0 Å². The molecule has 2 aromatic carbocycles. The van der Waals surface area contributed by atoms with Gasteiger partial charge in [-0.2, -0.15) is 0 Å². The van der Waals surface area contributed by atoms with Gasteiger partial charge >= 0.3 is 0 Å². The SMILES string of the molecule is Cc1cc(C2c3ccccc3CCN2C)ccc1F. The molecule has 0 spiro atoms. The number of benzene rings is 2. The lowest BCUT2D eigenvalue weighted by molar-refractivity contribution is 0.264. The van der Waals surface area contributed by atoms with Crippen LogP contribution in [0.15, 0.2) is 42.5 Å². The molecule has 1 aliphatic rings. The molecule has 1 nitrogen and oxygen atoms in total. The number of aryl methyl sites for hydroxylation is 1. The Labute approximate surface area is 113 Å². The Bertz CT molecular complexity index is 606. The fourth-order valence-corrected chi connectivity index (χ4v) is 2.96. The summed E-state index contributed by atoms with van der Waals surface area (Å²) in [5, 5.41) is 0. The van der Waals surface area contributed by atoms with Gasteiger partial charge in [-0.1, -0.05) is 36.4 Å². The van der Waals surface area contributed by atoms with Crippen molar-refractivity contribution in [2.24, 2.45) is 0 Å². The van der Waals surface area contributed by atoms with E-state index in [1.165, 1.54) is 16.7 Å². The lowest BCUT2D eigenvalue weighted by Crippen LogP contribution is -2.32. The summed E-state index contributed by atoms with van der Waals surface area (Å²) in [6.45, 7) is 2.87. The molecule has 3 rings (SSSR count). The third kappa shape index (κ3) is 2.17. The van der Waals surface area contributed by atoms with E-state index in [4.69, 9.17) is 0 Å². The molecule has 0 bridgehead atoms. The van der Waals surface area contributed by atoms with Gasteiger partial charge in [-0.15, -0.1) is 0 Å². The van der Waals surface area contributed by atoms with Gasteiger partial charge in [-0.05, 0) is 48.7 Å². The van der Waals surface area contributed by atoms with Gasteiger partial charge in [0.05, 0.1) is 6.04 Å². The summed E-state index contributed by atoms with van der Waals surface area (Å²) in [5.41, 5.74) is 4.65. The van der Waals surface area contributed by atoms with Crippen LogP contribution in [-0.4, -0.2) is 18.5 Å². The first-order valence-corrected chi connectivity index (χ1v) is 6.71. The van der Waals surface area contributed by atoms with Crippen LogP contribution in [0.4, 0.5) is 4.39 Å². The van der Waals surface area contributed by atoms with Gasteiger partial charge < -0.3 is 0 Å². The van der Waals surface area contributed by atoms with E-state index in [9.17, 15) is 4.39 Å². The second-order valence-corrected chi connectivity index (χ2v) is 5.34. The quantitative estimate of drug-likeness (QED) is 0.751. The Hall–Kier alpha value is -1.67. The van der Waals surface area contributed by atoms with E-state index in [-0.39, 0.29) is 11.9 Å². The summed E-state index contributed by atoms with van der Waals surface area (Å²) in [5.74, 6) is -0.129. The van der Waals surface area contributed by atoms with Gasteiger partial charge in [0.25, 0.3) is 0 Å². The van der Waals surface area contributed by atoms with Crippen molar-refractivity contribution in [1.82, 2.24) is 4.90 Å². The van der Waals surface area contributed by atoms with Crippen molar-refractivity contribution in [3.63, 3.8) is 0 Å². The van der Waals surface area contributed by atoms with Crippen LogP contribution < -0.4 is 0 Å². The highest BCUT2D eigenvalue weighted by atomic mass is 19.1. The molecule has 2 heteroatoms. The van der Waals surface area contributed by atoms with Crippen LogP contribution in [-0.2, 0) is 6.42 Å². The minimum absolute atomic E-state index is 0.129. The minimum Gasteiger partial charge on any atom is -0.295 e. The Morgan fingerprint density at radius 3 is 2.74 bits per heavy atom. The van der Waals surface area contributed by atoms with E-state index in [1.807, 2.05) is 19.1 Å². The first-order chi connectivity index (χ1) is 9.16. The average molecular weight is 255 g/mol. The van der Waals surface area contributed by atoms with Crippen molar-refractivity contribution in [3.8, 4) is 0 Å². The Kier molecular flexibility index (Phi) is 3.11. The van der Waals surface area contributed by atoms with Crippen molar-refractivity contribution in [1.29, 1.82) is 0 Å². The van der Waals surface area contributed by atoms with Crippen LogP contribution in [0.5, 0.6) is 0 Å². The fourth-order valence-electron chi connectivity index (χ4n) is 2.96. The molecule has 0 fully saturated rings. The second kappa shape index (κ2) is 4.78. The summed E-state index contributed by atoms with van der Waals surface area (Å²) in [4.78, 5) is 2.34. The second-order valence-electron chi connectivity index (χ2n) is 5.34. The zero-order valence-electron chi connectivity index (χ0n) is 11.4. The van der Waals surface area contributed by atoms with E-state index in [0.717, 1.165) is 13.0 Å². The Balaban J connectivity index is 2.10. The smallest absolute Gasteiger partial charge is 0.126 e. The number of fused-ring (bicyclic) bond motifs is 1. The Morgan fingerprint density at radius 2 is 1.95 bits per heavy atom. The van der Waals surface area contributed by atoms with Crippen LogP contribution in [0.2, 0.25) is 0 Å². The molecule has 0 aromatic heterocycles. The molecule has 0 radical (unpaired) electrons. The highest BCUT2D eigenvalue weighted by Crippen LogP contribution is 2.34. The summed E-state index contributed by atoms with van der Waals surface area (Å²) >= 11 is 0. The van der Waals surface area contributed by atoms with E-state index in [1.54, 1.807) is 6.07 Å². The molecule has 0 saturated heterocycles. The van der Waals surface area contributed by atoms with E-state index < -0.39 is 0 Å². The number of rotatable bonds is 1. The molecule has 19 heavy (non-hydrogen) atoms. The summed E-state index contributed by atoms with van der Waals surface area (Å²) in [7, 11) is 2.14. The van der Waals surface area contributed by atoms with Crippen molar-refractivity contribution in [3.05, 3.63) is 70.5 Å². The number of hydrogen-bond donors (Lipinski definition) is 0. The lowest BCUT2D eigenvalue weighted by Gasteiger charge is -2.35. The predicted octanol–water partition coefficient (Wildman–Crippen LogP) is 3.71. The van der Waals surface area contributed by atoms with Gasteiger partial charge in [-0.3, -0.25) is 4.90 Å². The van der Waals surface area contributed by atoms with Gasteiger partial charge in [0.15, 0.2) is 0 Å². The van der Waals surface area contributed by atoms with E-state index in [2.05, 4.69) is 36.2 Å². The van der Waals surface area contributed by atoms with Crippen LogP contribution in [0, 0.1) is 12.7 Å². The maximum atomic E-state index is 13.4. The normalized spacial score (nSPS) is 19.2. The topological polar surface area (TPSA) is 3.24 Å². The first kappa shape index (κ1) is 12.4. The van der Waals surface area contributed by atoms with Crippen LogP contribution in [0.1, 0.15) is 28.3 Å². The Morgan fingerprint density at radius 1 is 1.16 bits per heavy atom. The maximum absolute atomic E-state index is 13.4. The van der Waals surface area contributed by atoms with Crippen LogP contribution in [0.3, 0.4) is 0 Å². The molecule has 0 N–H and O–H groups in total. The minimum atomic E-state index is -0.129. The van der Waals surface area contributed by atoms with Crippen molar-refractivity contribution >= 4 is 0 Å². The number of halogens is 1. The van der Waals surface area contributed by atoms with Crippen LogP contribution in [0.25, 0.3) is 0 Å². The largest absolute Gasteiger partial charge is 0.295 e. The summed E-state index contributed by atoms with van der Waals surface area (Å²) < 4.78 is 13.4. The zero-order chi connectivity index (χ0) is 13.4. The third-order valence-corrected chi connectivity index (χ3v) is 4.02. The monoisotopic (exact) mass is 255 g/mol. The van der Waals surface area contributed by atoms with Gasteiger partial charge in [0.2, 0.25) is 0 Å². The average Bonchev–Trinajstić information content (AvgIpc) is 2.42. The van der Waals surface area contributed by atoms with Crippen molar-refractivity contribution < 1.29 is 4.39 Å². The molecule has 1 heterocycles. The summed E-state index contributed by atoms with van der Waals surface area (Å²) in [6.07, 6.45) is 1.09. The molecule has 0 saturated carbocycles. The van der Waals surface area contributed by atoms with Crippen molar-refractivity contribution in [2.75, 3.05) is 13.6 Å². The lowest BCUT2D eigenvalue weighted by atomic mass is 9.88. The molecule has 0 amide bonds. The maximum Gasteiger partial charge on any atom is 0.126 e. The number of nitrogens with zero attached hydrogens (tertiary/aromatic N) is 1. The number of hydrogen-bond acceptors (Lipinski definition) is 1. The molecule has 1 atom stereocenters. The van der Waals surface area contributed by atoms with Crippen LogP contribution >= 0.6 is 0 Å². The molecule has 2 aromatic rings. The molecule has 1 aliphatic heterocycles. The van der Waals surface area contributed by atoms with Gasteiger partial charge in [0, 0.05) is 6.54 Å². The summed E-state index contributed by atoms with van der Waals surface area (Å²) in [6, 6.07) is 14.3. The fraction of sp³-hybridized carbons (Fsp3) is 0.294. The predicted molar refractivity (Wildman–Crippen MR) is 75.8 cm³/mol. The van der Waals surface area contributed by atoms with E-state index in [0.29, 0.717) is 5.56 Å². The standard InChI is InChI=1S/C17H18FN/c1-12-11-14(7-8-16(12)18)17-15-6-4-3-5-13(15)9-10-19(17)2/h3-8,11,17H,9-10H2,1-2H3. The molecular weight excluding hydrogens is 237 g/mol. The highest BCUT2D eigenvalue weighted by molar-refractivity contribution is 5.40. The zero-order valence-corrected chi connectivity index (χ0v) is 11.4. The first-order valence-electron chi connectivity index (χ1n) is 6.71. The third-order valence-electron chi connectivity index (χ3n) is 4.02. The molecular formula is C17H18FN. The van der Waals surface area contributed by atoms with Crippen molar-refractivity contribution in [2.45, 2.75) is 19.4 Å². The highest BCUT2D eigenvalue weighted by Gasteiger charge is 2.25. The number of likely N-dealkylation sites (N-methyl/N-ethyl adjacent to an activating group) is 1. The van der Waals surface area contributed by atoms with Gasteiger partial charge in [-0.25, -0.2) is 4.39 Å². The molecule has 1 unspecified atom stereocenters. The molecule has 98 valence electrons.